The molecule has 0 amide bonds. The predicted molar refractivity (Wildman–Crippen MR) is 124 cm³/mol. The summed E-state index contributed by atoms with van der Waals surface area (Å²) in [4.78, 5) is 9.81. The van der Waals surface area contributed by atoms with Gasteiger partial charge in [0.2, 0.25) is 0 Å². The fourth-order valence-corrected chi connectivity index (χ4v) is 3.77. The fourth-order valence-electron chi connectivity index (χ4n) is 3.55. The van der Waals surface area contributed by atoms with Gasteiger partial charge in [0.25, 0.3) is 0 Å². The molecular weight excluding hydrogens is 368 g/mol. The van der Waals surface area contributed by atoms with Crippen molar-refractivity contribution < 1.29 is 0 Å². The quantitative estimate of drug-likeness (QED) is 0.488. The molecule has 0 bridgehead atoms. The summed E-state index contributed by atoms with van der Waals surface area (Å²) in [5.41, 5.74) is 3.27. The number of thiocarbonyl (C=S) groups is 1. The van der Waals surface area contributed by atoms with Crippen molar-refractivity contribution in [2.45, 2.75) is 20.3 Å². The molecule has 0 radical (unpaired) electrons. The molecule has 0 saturated carbocycles. The van der Waals surface area contributed by atoms with Gasteiger partial charge < -0.3 is 25.8 Å². The van der Waals surface area contributed by atoms with Crippen LogP contribution < -0.4 is 20.9 Å². The number of aromatic nitrogens is 1. The Bertz CT molecular complexity index is 801. The van der Waals surface area contributed by atoms with Crippen LogP contribution in [-0.2, 0) is 0 Å². The SMILES string of the molecule is CCN1CCN(c2cc(C)c3cc(NC(=S)NCCCNC)ccc3n2)CC1. The molecule has 1 fully saturated rings. The van der Waals surface area contributed by atoms with E-state index in [2.05, 4.69) is 63.9 Å². The van der Waals surface area contributed by atoms with Crippen molar-refractivity contribution in [3.8, 4) is 0 Å². The van der Waals surface area contributed by atoms with Gasteiger partial charge in [-0.15, -0.1) is 0 Å². The molecule has 0 spiro atoms. The number of fused-ring (bicyclic) bond motifs is 1. The smallest absolute Gasteiger partial charge is 0.170 e. The van der Waals surface area contributed by atoms with E-state index in [4.69, 9.17) is 17.2 Å². The minimum atomic E-state index is 0.659. The number of pyridine rings is 1. The minimum absolute atomic E-state index is 0.659. The zero-order valence-corrected chi connectivity index (χ0v) is 18.0. The zero-order chi connectivity index (χ0) is 19.9. The molecule has 1 aromatic carbocycles. The topological polar surface area (TPSA) is 55.5 Å². The van der Waals surface area contributed by atoms with Gasteiger partial charge in [-0.3, -0.25) is 0 Å². The highest BCUT2D eigenvalue weighted by Crippen LogP contribution is 2.26. The van der Waals surface area contributed by atoms with Gasteiger partial charge in [0.05, 0.1) is 5.52 Å². The molecule has 3 rings (SSSR count). The Morgan fingerprint density at radius 3 is 2.64 bits per heavy atom. The second kappa shape index (κ2) is 10.0. The summed E-state index contributed by atoms with van der Waals surface area (Å²) in [6, 6.07) is 8.48. The third-order valence-electron chi connectivity index (χ3n) is 5.29. The lowest BCUT2D eigenvalue weighted by molar-refractivity contribution is 0.270. The maximum absolute atomic E-state index is 5.40. The average Bonchev–Trinajstić information content (AvgIpc) is 2.71. The first kappa shape index (κ1) is 20.8. The van der Waals surface area contributed by atoms with Gasteiger partial charge >= 0.3 is 0 Å². The first-order valence-corrected chi connectivity index (χ1v) is 10.6. The molecule has 2 heterocycles. The van der Waals surface area contributed by atoms with Gasteiger partial charge in [0.15, 0.2) is 5.11 Å². The van der Waals surface area contributed by atoms with Crippen molar-refractivity contribution in [1.82, 2.24) is 20.5 Å². The van der Waals surface area contributed by atoms with E-state index in [-0.39, 0.29) is 0 Å². The van der Waals surface area contributed by atoms with Crippen LogP contribution in [0.15, 0.2) is 24.3 Å². The standard InChI is InChI=1S/C21H32N6S/c1-4-26-10-12-27(13-11-26)20-14-16(2)18-15-17(6-7-19(18)25-20)24-21(28)23-9-5-8-22-3/h6-7,14-15,22H,4-5,8-13H2,1-3H3,(H2,23,24,28). The highest BCUT2D eigenvalue weighted by molar-refractivity contribution is 7.80. The molecule has 2 aromatic rings. The van der Waals surface area contributed by atoms with Crippen molar-refractivity contribution >= 4 is 39.7 Å². The van der Waals surface area contributed by atoms with E-state index in [9.17, 15) is 0 Å². The Morgan fingerprint density at radius 1 is 1.14 bits per heavy atom. The molecule has 1 aromatic heterocycles. The number of aryl methyl sites for hydroxylation is 1. The van der Waals surface area contributed by atoms with Crippen LogP contribution in [0.25, 0.3) is 10.9 Å². The Kier molecular flexibility index (Phi) is 7.42. The third kappa shape index (κ3) is 5.31. The Hall–Kier alpha value is -1.96. The average molecular weight is 401 g/mol. The second-order valence-corrected chi connectivity index (χ2v) is 7.70. The van der Waals surface area contributed by atoms with Gasteiger partial charge in [-0.1, -0.05) is 6.92 Å². The van der Waals surface area contributed by atoms with E-state index < -0.39 is 0 Å². The van der Waals surface area contributed by atoms with Crippen LogP contribution in [0, 0.1) is 6.92 Å². The van der Waals surface area contributed by atoms with E-state index >= 15 is 0 Å². The van der Waals surface area contributed by atoms with Gasteiger partial charge in [0, 0.05) is 43.8 Å². The normalized spacial score (nSPS) is 15.0. The maximum Gasteiger partial charge on any atom is 0.170 e. The largest absolute Gasteiger partial charge is 0.362 e. The molecule has 6 nitrogen and oxygen atoms in total. The van der Waals surface area contributed by atoms with Gasteiger partial charge in [0.1, 0.15) is 5.82 Å². The Morgan fingerprint density at radius 2 is 1.93 bits per heavy atom. The van der Waals surface area contributed by atoms with Gasteiger partial charge in [-0.05, 0) is 75.5 Å². The molecular formula is C21H32N6S. The molecule has 28 heavy (non-hydrogen) atoms. The number of anilines is 2. The predicted octanol–water partition coefficient (Wildman–Crippen LogP) is 2.58. The summed E-state index contributed by atoms with van der Waals surface area (Å²) in [6.45, 7) is 11.6. The summed E-state index contributed by atoms with van der Waals surface area (Å²) in [5.74, 6) is 1.09. The molecule has 7 heteroatoms. The molecule has 0 aliphatic carbocycles. The lowest BCUT2D eigenvalue weighted by atomic mass is 10.1. The van der Waals surface area contributed by atoms with Crippen molar-refractivity contribution in [3.05, 3.63) is 29.8 Å². The van der Waals surface area contributed by atoms with E-state index in [0.717, 1.165) is 69.3 Å². The summed E-state index contributed by atoms with van der Waals surface area (Å²) in [6.07, 6.45) is 1.04. The van der Waals surface area contributed by atoms with Crippen LogP contribution in [0.5, 0.6) is 0 Å². The van der Waals surface area contributed by atoms with Crippen LogP contribution in [0.1, 0.15) is 18.9 Å². The number of benzene rings is 1. The van der Waals surface area contributed by atoms with Crippen LogP contribution in [0.2, 0.25) is 0 Å². The molecule has 3 N–H and O–H groups in total. The minimum Gasteiger partial charge on any atom is -0.362 e. The van der Waals surface area contributed by atoms with Crippen LogP contribution >= 0.6 is 12.2 Å². The molecule has 152 valence electrons. The van der Waals surface area contributed by atoms with E-state index in [1.807, 2.05) is 7.05 Å². The first-order chi connectivity index (χ1) is 13.6. The third-order valence-corrected chi connectivity index (χ3v) is 5.54. The summed E-state index contributed by atoms with van der Waals surface area (Å²) in [7, 11) is 1.96. The number of hydrogen-bond donors (Lipinski definition) is 3. The molecule has 1 aliphatic rings. The van der Waals surface area contributed by atoms with E-state index in [1.54, 1.807) is 0 Å². The number of likely N-dealkylation sites (N-methyl/N-ethyl adjacent to an activating group) is 1. The Balaban J connectivity index is 1.68. The monoisotopic (exact) mass is 400 g/mol. The van der Waals surface area contributed by atoms with Crippen molar-refractivity contribution in [2.75, 3.05) is 63.1 Å². The summed E-state index contributed by atoms with van der Waals surface area (Å²) >= 11 is 5.40. The molecule has 1 saturated heterocycles. The van der Waals surface area contributed by atoms with Gasteiger partial charge in [-0.25, -0.2) is 4.98 Å². The first-order valence-electron chi connectivity index (χ1n) is 10.2. The van der Waals surface area contributed by atoms with Crippen LogP contribution in [0.4, 0.5) is 11.5 Å². The molecule has 0 atom stereocenters. The lowest BCUT2D eigenvalue weighted by Crippen LogP contribution is -2.46. The highest BCUT2D eigenvalue weighted by atomic mass is 32.1. The Labute approximate surface area is 173 Å². The number of rotatable bonds is 7. The summed E-state index contributed by atoms with van der Waals surface area (Å²) < 4.78 is 0. The zero-order valence-electron chi connectivity index (χ0n) is 17.2. The number of nitrogens with one attached hydrogen (secondary N) is 3. The van der Waals surface area contributed by atoms with E-state index in [1.165, 1.54) is 10.9 Å². The molecule has 1 aliphatic heterocycles. The van der Waals surface area contributed by atoms with Crippen molar-refractivity contribution in [2.24, 2.45) is 0 Å². The number of hydrogen-bond acceptors (Lipinski definition) is 5. The maximum atomic E-state index is 5.40. The number of piperazine rings is 1. The van der Waals surface area contributed by atoms with Crippen molar-refractivity contribution in [3.63, 3.8) is 0 Å². The van der Waals surface area contributed by atoms with Gasteiger partial charge in [-0.2, -0.15) is 0 Å². The molecule has 0 unspecified atom stereocenters. The van der Waals surface area contributed by atoms with Crippen LogP contribution in [0.3, 0.4) is 0 Å². The summed E-state index contributed by atoms with van der Waals surface area (Å²) in [5, 5.41) is 11.5. The van der Waals surface area contributed by atoms with Crippen LogP contribution in [-0.4, -0.2) is 67.9 Å². The second-order valence-electron chi connectivity index (χ2n) is 7.29. The number of nitrogens with zero attached hydrogens (tertiary/aromatic N) is 3. The lowest BCUT2D eigenvalue weighted by Gasteiger charge is -2.35. The fraction of sp³-hybridized carbons (Fsp3) is 0.524. The van der Waals surface area contributed by atoms with Crippen molar-refractivity contribution in [1.29, 1.82) is 0 Å². The highest BCUT2D eigenvalue weighted by Gasteiger charge is 2.17. The van der Waals surface area contributed by atoms with E-state index in [0.29, 0.717) is 5.11 Å².